The highest BCUT2D eigenvalue weighted by Crippen LogP contribution is 2.37. The Balaban J connectivity index is 2.23. The Morgan fingerprint density at radius 3 is 2.30 bits per heavy atom. The van der Waals surface area contributed by atoms with Crippen LogP contribution >= 0.6 is 0 Å². The summed E-state index contributed by atoms with van der Waals surface area (Å²) in [5.41, 5.74) is -0.879. The number of hydrogen-bond donors (Lipinski definition) is 0. The molecule has 2 nitrogen and oxygen atoms in total. The summed E-state index contributed by atoms with van der Waals surface area (Å²) < 4.78 is 69.0. The molecule has 0 radical (unpaired) electrons. The minimum absolute atomic E-state index is 0.0497. The fourth-order valence-electron chi connectivity index (χ4n) is 2.58. The molecule has 0 spiro atoms. The smallest absolute Gasteiger partial charge is 0.372 e. The highest BCUT2D eigenvalue weighted by Gasteiger charge is 2.43. The van der Waals surface area contributed by atoms with Gasteiger partial charge in [0.15, 0.2) is 0 Å². The van der Waals surface area contributed by atoms with Gasteiger partial charge in [-0.05, 0) is 24.1 Å². The Morgan fingerprint density at radius 1 is 1.20 bits per heavy atom. The van der Waals surface area contributed by atoms with E-state index >= 15 is 0 Å². The second kappa shape index (κ2) is 5.29. The number of alkyl halides is 3. The molecule has 20 heavy (non-hydrogen) atoms. The third-order valence-electron chi connectivity index (χ3n) is 3.49. The maximum absolute atomic E-state index is 13.3. The van der Waals surface area contributed by atoms with Gasteiger partial charge < -0.3 is 4.74 Å². The monoisotopic (exact) mass is 295 g/mol. The van der Waals surface area contributed by atoms with Gasteiger partial charge in [0.1, 0.15) is 17.2 Å². The molecule has 0 bridgehead atoms. The lowest BCUT2D eigenvalue weighted by Gasteiger charge is -2.29. The SMILES string of the molecule is COC1(c2cc(F)cc(F)c2)CCN(CC(F)(F)F)C1. The van der Waals surface area contributed by atoms with Gasteiger partial charge in [-0.15, -0.1) is 0 Å². The Labute approximate surface area is 113 Å². The molecule has 1 aromatic rings. The standard InChI is InChI=1S/C13H14F5NO/c1-20-12(9-4-10(14)6-11(15)5-9)2-3-19(7-12)8-13(16,17)18/h4-6H,2-3,7-8H2,1H3. The number of ether oxygens (including phenoxy) is 1. The second-order valence-electron chi connectivity index (χ2n) is 4.93. The third kappa shape index (κ3) is 3.27. The first-order chi connectivity index (χ1) is 9.24. The number of rotatable bonds is 3. The van der Waals surface area contributed by atoms with E-state index in [0.29, 0.717) is 0 Å². The molecule has 1 unspecified atom stereocenters. The van der Waals surface area contributed by atoms with Crippen LogP contribution in [0.2, 0.25) is 0 Å². The van der Waals surface area contributed by atoms with Gasteiger partial charge in [-0.1, -0.05) is 0 Å². The lowest BCUT2D eigenvalue weighted by molar-refractivity contribution is -0.146. The summed E-state index contributed by atoms with van der Waals surface area (Å²) in [6, 6.07) is 2.92. The van der Waals surface area contributed by atoms with Crippen LogP contribution in [0.4, 0.5) is 22.0 Å². The first-order valence-electron chi connectivity index (χ1n) is 6.05. The number of nitrogens with zero attached hydrogens (tertiary/aromatic N) is 1. The van der Waals surface area contributed by atoms with Crippen LogP contribution in [-0.2, 0) is 10.3 Å². The lowest BCUT2D eigenvalue weighted by Crippen LogP contribution is -2.37. The van der Waals surface area contributed by atoms with Crippen LogP contribution in [0.15, 0.2) is 18.2 Å². The van der Waals surface area contributed by atoms with Crippen LogP contribution in [0.5, 0.6) is 0 Å². The van der Waals surface area contributed by atoms with Crippen molar-refractivity contribution in [2.45, 2.75) is 18.2 Å². The van der Waals surface area contributed by atoms with Gasteiger partial charge in [0.05, 0.1) is 6.54 Å². The van der Waals surface area contributed by atoms with E-state index in [1.165, 1.54) is 12.0 Å². The number of methoxy groups -OCH3 is 1. The quantitative estimate of drug-likeness (QED) is 0.795. The molecule has 112 valence electrons. The average molecular weight is 295 g/mol. The van der Waals surface area contributed by atoms with Crippen LogP contribution in [0.25, 0.3) is 0 Å². The molecule has 0 aliphatic carbocycles. The molecule has 1 aliphatic rings. The summed E-state index contributed by atoms with van der Waals surface area (Å²) in [7, 11) is 1.33. The highest BCUT2D eigenvalue weighted by atomic mass is 19.4. The number of halogens is 5. The number of likely N-dealkylation sites (tertiary alicyclic amines) is 1. The maximum Gasteiger partial charge on any atom is 0.401 e. The Morgan fingerprint density at radius 2 is 1.80 bits per heavy atom. The fourth-order valence-corrected chi connectivity index (χ4v) is 2.58. The van der Waals surface area contributed by atoms with Crippen molar-refractivity contribution in [3.8, 4) is 0 Å². The molecule has 1 saturated heterocycles. The Kier molecular flexibility index (Phi) is 4.02. The normalized spacial score (nSPS) is 24.3. The van der Waals surface area contributed by atoms with E-state index in [-0.39, 0.29) is 25.1 Å². The van der Waals surface area contributed by atoms with Crippen molar-refractivity contribution in [1.82, 2.24) is 4.90 Å². The highest BCUT2D eigenvalue weighted by molar-refractivity contribution is 5.26. The van der Waals surface area contributed by atoms with E-state index in [2.05, 4.69) is 0 Å². The van der Waals surface area contributed by atoms with Gasteiger partial charge in [-0.25, -0.2) is 8.78 Å². The van der Waals surface area contributed by atoms with Crippen LogP contribution in [0, 0.1) is 11.6 Å². The molecule has 1 fully saturated rings. The molecule has 1 aromatic carbocycles. The van der Waals surface area contributed by atoms with Gasteiger partial charge in [-0.3, -0.25) is 4.90 Å². The van der Waals surface area contributed by atoms with Crippen molar-refractivity contribution >= 4 is 0 Å². The first-order valence-corrected chi connectivity index (χ1v) is 6.05. The average Bonchev–Trinajstić information content (AvgIpc) is 2.70. The molecule has 0 N–H and O–H groups in total. The topological polar surface area (TPSA) is 12.5 Å². The van der Waals surface area contributed by atoms with Gasteiger partial charge in [0.25, 0.3) is 0 Å². The molecule has 7 heteroatoms. The number of hydrogen-bond acceptors (Lipinski definition) is 2. The predicted molar refractivity (Wildman–Crippen MR) is 62.2 cm³/mol. The molecule has 1 aliphatic heterocycles. The van der Waals surface area contributed by atoms with Crippen LogP contribution < -0.4 is 0 Å². The van der Waals surface area contributed by atoms with Crippen molar-refractivity contribution in [3.05, 3.63) is 35.4 Å². The summed E-state index contributed by atoms with van der Waals surface area (Å²) in [5.74, 6) is -1.55. The maximum atomic E-state index is 13.3. The second-order valence-corrected chi connectivity index (χ2v) is 4.93. The van der Waals surface area contributed by atoms with Crippen LogP contribution in [0.3, 0.4) is 0 Å². The van der Waals surface area contributed by atoms with Crippen molar-refractivity contribution in [1.29, 1.82) is 0 Å². The molecule has 1 atom stereocenters. The van der Waals surface area contributed by atoms with Crippen molar-refractivity contribution in [2.75, 3.05) is 26.7 Å². The van der Waals surface area contributed by atoms with Crippen molar-refractivity contribution in [3.63, 3.8) is 0 Å². The summed E-state index contributed by atoms with van der Waals surface area (Å²) in [6.45, 7) is -0.951. The summed E-state index contributed by atoms with van der Waals surface area (Å²) in [4.78, 5) is 1.17. The predicted octanol–water partition coefficient (Wildman–Crippen LogP) is 3.07. The molecule has 1 heterocycles. The Hall–Kier alpha value is -1.21. The zero-order chi connectivity index (χ0) is 15.0. The molecular formula is C13H14F5NO. The van der Waals surface area contributed by atoms with Crippen molar-refractivity contribution < 1.29 is 26.7 Å². The van der Waals surface area contributed by atoms with E-state index in [4.69, 9.17) is 4.74 Å². The van der Waals surface area contributed by atoms with E-state index in [0.717, 1.165) is 18.2 Å². The van der Waals surface area contributed by atoms with Gasteiger partial charge in [0, 0.05) is 26.3 Å². The molecular weight excluding hydrogens is 281 g/mol. The van der Waals surface area contributed by atoms with Gasteiger partial charge in [-0.2, -0.15) is 13.2 Å². The largest absolute Gasteiger partial charge is 0.401 e. The molecule has 0 saturated carbocycles. The zero-order valence-electron chi connectivity index (χ0n) is 10.8. The van der Waals surface area contributed by atoms with Crippen LogP contribution in [-0.4, -0.2) is 37.8 Å². The summed E-state index contributed by atoms with van der Waals surface area (Å²) in [6.07, 6.45) is -4.06. The lowest BCUT2D eigenvalue weighted by atomic mass is 9.92. The van der Waals surface area contributed by atoms with E-state index in [1.54, 1.807) is 0 Å². The first kappa shape index (κ1) is 15.2. The van der Waals surface area contributed by atoms with E-state index in [1.807, 2.05) is 0 Å². The molecule has 0 amide bonds. The number of benzene rings is 1. The van der Waals surface area contributed by atoms with Crippen molar-refractivity contribution in [2.24, 2.45) is 0 Å². The molecule has 2 rings (SSSR count). The van der Waals surface area contributed by atoms with E-state index in [9.17, 15) is 22.0 Å². The zero-order valence-corrected chi connectivity index (χ0v) is 10.8. The van der Waals surface area contributed by atoms with Crippen LogP contribution in [0.1, 0.15) is 12.0 Å². The minimum atomic E-state index is -4.31. The van der Waals surface area contributed by atoms with E-state index < -0.39 is 30.0 Å². The fraction of sp³-hybridized carbons (Fsp3) is 0.538. The third-order valence-corrected chi connectivity index (χ3v) is 3.49. The van der Waals surface area contributed by atoms with Gasteiger partial charge >= 0.3 is 6.18 Å². The van der Waals surface area contributed by atoms with Gasteiger partial charge in [0.2, 0.25) is 0 Å². The Bertz CT molecular complexity index is 470. The summed E-state index contributed by atoms with van der Waals surface area (Å²) in [5, 5.41) is 0. The molecule has 0 aromatic heterocycles. The minimum Gasteiger partial charge on any atom is -0.372 e. The summed E-state index contributed by atoms with van der Waals surface area (Å²) >= 11 is 0.